The predicted molar refractivity (Wildman–Crippen MR) is 43.8 cm³/mol. The van der Waals surface area contributed by atoms with E-state index < -0.39 is 11.8 Å². The first-order valence-electron chi connectivity index (χ1n) is 4.38. The Balaban J connectivity index is 2.44. The van der Waals surface area contributed by atoms with E-state index in [4.69, 9.17) is 5.11 Å². The van der Waals surface area contributed by atoms with Crippen LogP contribution in [0.3, 0.4) is 0 Å². The summed E-state index contributed by atoms with van der Waals surface area (Å²) in [5, 5.41) is 8.45. The van der Waals surface area contributed by atoms with Crippen molar-refractivity contribution in [3.8, 4) is 0 Å². The van der Waals surface area contributed by atoms with Crippen molar-refractivity contribution in [2.24, 2.45) is 11.8 Å². The van der Waals surface area contributed by atoms with Gasteiger partial charge in [-0.15, -0.1) is 0 Å². The predicted octanol–water partition coefficient (Wildman–Crippen LogP) is 1.47. The van der Waals surface area contributed by atoms with E-state index in [1.165, 1.54) is 0 Å². The van der Waals surface area contributed by atoms with Gasteiger partial charge in [0.05, 0.1) is 0 Å². The molecule has 0 spiro atoms. The van der Waals surface area contributed by atoms with Gasteiger partial charge in [0.25, 0.3) is 0 Å². The third kappa shape index (κ3) is 2.06. The summed E-state index contributed by atoms with van der Waals surface area (Å²) in [4.78, 5) is 21.3. The Labute approximate surface area is 71.8 Å². The van der Waals surface area contributed by atoms with Gasteiger partial charge in [-0.2, -0.15) is 0 Å². The van der Waals surface area contributed by atoms with Crippen LogP contribution in [-0.2, 0) is 9.59 Å². The molecule has 1 rings (SSSR count). The summed E-state index contributed by atoms with van der Waals surface area (Å²) in [6.45, 7) is 2.14. The van der Waals surface area contributed by atoms with Crippen molar-refractivity contribution >= 4 is 11.8 Å². The second kappa shape index (κ2) is 3.70. The van der Waals surface area contributed by atoms with Crippen LogP contribution in [0.5, 0.6) is 0 Å². The Morgan fingerprint density at radius 3 is 2.08 bits per heavy atom. The first-order valence-corrected chi connectivity index (χ1v) is 4.38. The van der Waals surface area contributed by atoms with E-state index in [2.05, 4.69) is 6.92 Å². The maximum atomic E-state index is 11.0. The average Bonchev–Trinajstić information content (AvgIpc) is 2.04. The maximum Gasteiger partial charge on any atom is 0.372 e. The molecule has 3 heteroatoms. The van der Waals surface area contributed by atoms with Gasteiger partial charge in [-0.3, -0.25) is 4.79 Å². The molecule has 0 unspecified atom stereocenters. The zero-order valence-electron chi connectivity index (χ0n) is 7.25. The highest BCUT2D eigenvalue weighted by Crippen LogP contribution is 2.28. The van der Waals surface area contributed by atoms with Gasteiger partial charge in [0.1, 0.15) is 0 Å². The van der Waals surface area contributed by atoms with Crippen LogP contribution in [0.25, 0.3) is 0 Å². The van der Waals surface area contributed by atoms with Gasteiger partial charge in [0.2, 0.25) is 5.78 Å². The molecule has 0 radical (unpaired) electrons. The van der Waals surface area contributed by atoms with Crippen molar-refractivity contribution in [3.63, 3.8) is 0 Å². The lowest BCUT2D eigenvalue weighted by Gasteiger charge is -2.23. The van der Waals surface area contributed by atoms with Gasteiger partial charge < -0.3 is 5.11 Å². The minimum atomic E-state index is -1.27. The topological polar surface area (TPSA) is 54.4 Å². The fraction of sp³-hybridized carbons (Fsp3) is 0.778. The summed E-state index contributed by atoms with van der Waals surface area (Å²) >= 11 is 0. The SMILES string of the molecule is CC1CCC(C(=O)C(=O)O)CC1. The summed E-state index contributed by atoms with van der Waals surface area (Å²) in [6.07, 6.45) is 3.49. The van der Waals surface area contributed by atoms with E-state index in [9.17, 15) is 9.59 Å². The molecule has 68 valence electrons. The highest BCUT2D eigenvalue weighted by Gasteiger charge is 2.28. The summed E-state index contributed by atoms with van der Waals surface area (Å²) in [5.74, 6) is -1.42. The number of hydrogen-bond donors (Lipinski definition) is 1. The number of rotatable bonds is 2. The summed E-state index contributed by atoms with van der Waals surface area (Å²) in [6, 6.07) is 0. The monoisotopic (exact) mass is 170 g/mol. The number of hydrogen-bond acceptors (Lipinski definition) is 2. The first-order chi connectivity index (χ1) is 5.61. The number of carbonyl (C=O) groups is 2. The number of carbonyl (C=O) groups excluding carboxylic acids is 1. The molecule has 0 aromatic heterocycles. The van der Waals surface area contributed by atoms with Crippen molar-refractivity contribution < 1.29 is 14.7 Å². The fourth-order valence-corrected chi connectivity index (χ4v) is 1.70. The Morgan fingerprint density at radius 2 is 1.67 bits per heavy atom. The summed E-state index contributed by atoms with van der Waals surface area (Å²) in [5.41, 5.74) is 0. The molecule has 0 atom stereocenters. The summed E-state index contributed by atoms with van der Waals surface area (Å²) < 4.78 is 0. The Hall–Kier alpha value is -0.860. The van der Waals surface area contributed by atoms with Crippen LogP contribution >= 0.6 is 0 Å². The fourth-order valence-electron chi connectivity index (χ4n) is 1.70. The molecule has 0 aromatic rings. The molecule has 0 amide bonds. The van der Waals surface area contributed by atoms with Gasteiger partial charge in [-0.05, 0) is 18.8 Å². The van der Waals surface area contributed by atoms with Crippen LogP contribution in [0.2, 0.25) is 0 Å². The highest BCUT2D eigenvalue weighted by molar-refractivity contribution is 6.33. The second-order valence-electron chi connectivity index (χ2n) is 3.63. The number of ketones is 1. The van der Waals surface area contributed by atoms with E-state index >= 15 is 0 Å². The van der Waals surface area contributed by atoms with Crippen molar-refractivity contribution in [2.45, 2.75) is 32.6 Å². The zero-order chi connectivity index (χ0) is 9.14. The van der Waals surface area contributed by atoms with Crippen LogP contribution in [0, 0.1) is 11.8 Å². The van der Waals surface area contributed by atoms with Crippen LogP contribution < -0.4 is 0 Å². The van der Waals surface area contributed by atoms with Gasteiger partial charge in [-0.25, -0.2) is 4.79 Å². The van der Waals surface area contributed by atoms with E-state index in [1.54, 1.807) is 0 Å². The van der Waals surface area contributed by atoms with Crippen LogP contribution in [-0.4, -0.2) is 16.9 Å². The number of aliphatic carboxylic acids is 1. The van der Waals surface area contributed by atoms with E-state index in [1.807, 2.05) is 0 Å². The van der Waals surface area contributed by atoms with Gasteiger partial charge in [-0.1, -0.05) is 19.8 Å². The lowest BCUT2D eigenvalue weighted by Crippen LogP contribution is -2.26. The highest BCUT2D eigenvalue weighted by atomic mass is 16.4. The lowest BCUT2D eigenvalue weighted by atomic mass is 9.81. The third-order valence-corrected chi connectivity index (χ3v) is 2.60. The molecule has 1 fully saturated rings. The minimum absolute atomic E-state index is 0.210. The number of carboxylic acid groups (broad SMARTS) is 1. The Bertz CT molecular complexity index is 190. The van der Waals surface area contributed by atoms with Crippen molar-refractivity contribution in [1.82, 2.24) is 0 Å². The second-order valence-corrected chi connectivity index (χ2v) is 3.63. The minimum Gasteiger partial charge on any atom is -0.475 e. The van der Waals surface area contributed by atoms with Gasteiger partial charge in [0.15, 0.2) is 0 Å². The quantitative estimate of drug-likeness (QED) is 0.638. The van der Waals surface area contributed by atoms with Crippen molar-refractivity contribution in [1.29, 1.82) is 0 Å². The van der Waals surface area contributed by atoms with Crippen LogP contribution in [0.15, 0.2) is 0 Å². The van der Waals surface area contributed by atoms with Gasteiger partial charge in [0, 0.05) is 5.92 Å². The van der Waals surface area contributed by atoms with E-state index in [0.717, 1.165) is 25.7 Å². The average molecular weight is 170 g/mol. The number of Topliss-reactive ketones (excluding diaryl/α,β-unsaturated/α-hetero) is 1. The molecular weight excluding hydrogens is 156 g/mol. The molecule has 0 saturated heterocycles. The molecular formula is C9H14O3. The molecule has 0 heterocycles. The summed E-state index contributed by atoms with van der Waals surface area (Å²) in [7, 11) is 0. The molecule has 0 aromatic carbocycles. The van der Waals surface area contributed by atoms with E-state index in [0.29, 0.717) is 5.92 Å². The zero-order valence-corrected chi connectivity index (χ0v) is 7.25. The maximum absolute atomic E-state index is 11.0. The van der Waals surface area contributed by atoms with Crippen LogP contribution in [0.4, 0.5) is 0 Å². The first kappa shape index (κ1) is 9.23. The third-order valence-electron chi connectivity index (χ3n) is 2.60. The van der Waals surface area contributed by atoms with E-state index in [-0.39, 0.29) is 5.92 Å². The molecule has 1 N–H and O–H groups in total. The van der Waals surface area contributed by atoms with Crippen molar-refractivity contribution in [2.75, 3.05) is 0 Å². The number of carboxylic acids is 1. The van der Waals surface area contributed by atoms with Crippen LogP contribution in [0.1, 0.15) is 32.6 Å². The smallest absolute Gasteiger partial charge is 0.372 e. The Morgan fingerprint density at radius 1 is 1.17 bits per heavy atom. The lowest BCUT2D eigenvalue weighted by molar-refractivity contribution is -0.151. The molecule has 1 saturated carbocycles. The standard InChI is InChI=1S/C9H14O3/c1-6-2-4-7(5-3-6)8(10)9(11)12/h6-7H,2-5H2,1H3,(H,11,12). The Kier molecular flexibility index (Phi) is 2.84. The van der Waals surface area contributed by atoms with Gasteiger partial charge >= 0.3 is 5.97 Å². The molecule has 1 aliphatic carbocycles. The largest absolute Gasteiger partial charge is 0.475 e. The normalized spacial score (nSPS) is 29.8. The molecule has 0 bridgehead atoms. The molecule has 3 nitrogen and oxygen atoms in total. The van der Waals surface area contributed by atoms with Crippen molar-refractivity contribution in [3.05, 3.63) is 0 Å². The molecule has 0 aliphatic heterocycles. The molecule has 12 heavy (non-hydrogen) atoms. The molecule has 1 aliphatic rings.